The van der Waals surface area contributed by atoms with Crippen molar-refractivity contribution in [1.29, 1.82) is 0 Å². The predicted octanol–water partition coefficient (Wildman–Crippen LogP) is 1.38. The second kappa shape index (κ2) is 4.06. The van der Waals surface area contributed by atoms with Crippen molar-refractivity contribution < 1.29 is 9.18 Å². The fraction of sp³-hybridized carbons (Fsp3) is 0. The lowest BCUT2D eigenvalue weighted by Crippen LogP contribution is -2.15. The molecule has 80 valence electrons. The van der Waals surface area contributed by atoms with Crippen LogP contribution in [0.1, 0.15) is 10.6 Å². The lowest BCUT2D eigenvalue weighted by atomic mass is 10.1. The number of amides is 1. The fourth-order valence-corrected chi connectivity index (χ4v) is 1.26. The maximum Gasteiger partial charge on any atom is 0.286 e. The van der Waals surface area contributed by atoms with E-state index in [9.17, 15) is 9.18 Å². The average molecular weight is 217 g/mol. The maximum atomic E-state index is 12.7. The van der Waals surface area contributed by atoms with Gasteiger partial charge in [0.15, 0.2) is 0 Å². The molecule has 0 aliphatic carbocycles. The smallest absolute Gasteiger partial charge is 0.286 e. The zero-order valence-electron chi connectivity index (χ0n) is 8.22. The number of carbonyl (C=O) groups excluding carboxylic acids is 1. The lowest BCUT2D eigenvalue weighted by molar-refractivity contribution is 0.0990. The summed E-state index contributed by atoms with van der Waals surface area (Å²) in [4.78, 5) is 18.6. The molecular weight excluding hydrogens is 209 g/mol. The number of hydrogen-bond acceptors (Lipinski definition) is 3. The number of nitrogens with zero attached hydrogens (tertiary/aromatic N) is 2. The minimum atomic E-state index is -0.691. The number of hydrogen-bond donors (Lipinski definition) is 1. The van der Waals surface area contributed by atoms with Crippen LogP contribution in [0.15, 0.2) is 36.5 Å². The molecule has 0 spiro atoms. The van der Waals surface area contributed by atoms with Crippen LogP contribution in [0.4, 0.5) is 4.39 Å². The van der Waals surface area contributed by atoms with Crippen LogP contribution in [-0.4, -0.2) is 15.9 Å². The molecule has 4 nitrogen and oxygen atoms in total. The minimum absolute atomic E-state index is 0.0539. The van der Waals surface area contributed by atoms with Crippen molar-refractivity contribution in [2.75, 3.05) is 0 Å². The molecule has 2 N–H and O–H groups in total. The van der Waals surface area contributed by atoms with Gasteiger partial charge in [0, 0.05) is 11.8 Å². The van der Waals surface area contributed by atoms with Crippen LogP contribution in [0.25, 0.3) is 11.3 Å². The summed E-state index contributed by atoms with van der Waals surface area (Å²) in [6.07, 6.45) is 1.44. The molecular formula is C11H8FN3O. The van der Waals surface area contributed by atoms with Gasteiger partial charge in [0.1, 0.15) is 5.82 Å². The van der Waals surface area contributed by atoms with E-state index in [1.54, 1.807) is 18.2 Å². The Labute approximate surface area is 91.0 Å². The van der Waals surface area contributed by atoms with Crippen molar-refractivity contribution >= 4 is 5.91 Å². The first-order chi connectivity index (χ1) is 7.66. The number of nitrogens with two attached hydrogens (primary N) is 1. The molecule has 0 bridgehead atoms. The molecule has 1 amide bonds. The summed E-state index contributed by atoms with van der Waals surface area (Å²) in [5.41, 5.74) is 6.29. The van der Waals surface area contributed by atoms with Gasteiger partial charge in [-0.25, -0.2) is 14.4 Å². The van der Waals surface area contributed by atoms with Gasteiger partial charge in [-0.1, -0.05) is 0 Å². The van der Waals surface area contributed by atoms with E-state index in [0.29, 0.717) is 11.3 Å². The highest BCUT2D eigenvalue weighted by Gasteiger charge is 2.06. The lowest BCUT2D eigenvalue weighted by Gasteiger charge is -2.01. The number of halogens is 1. The maximum absolute atomic E-state index is 12.7. The first kappa shape index (κ1) is 10.2. The van der Waals surface area contributed by atoms with Crippen molar-refractivity contribution in [1.82, 2.24) is 9.97 Å². The molecule has 0 unspecified atom stereocenters. The van der Waals surface area contributed by atoms with E-state index >= 15 is 0 Å². The van der Waals surface area contributed by atoms with Crippen LogP contribution in [0.2, 0.25) is 0 Å². The van der Waals surface area contributed by atoms with E-state index in [1.165, 1.54) is 18.3 Å². The summed E-state index contributed by atoms with van der Waals surface area (Å²) in [6.45, 7) is 0. The number of carbonyl (C=O) groups is 1. The average Bonchev–Trinajstić information content (AvgIpc) is 2.30. The van der Waals surface area contributed by atoms with E-state index in [2.05, 4.69) is 9.97 Å². The highest BCUT2D eigenvalue weighted by molar-refractivity contribution is 5.89. The molecule has 0 saturated heterocycles. The van der Waals surface area contributed by atoms with Gasteiger partial charge in [-0.2, -0.15) is 0 Å². The van der Waals surface area contributed by atoms with Crippen molar-refractivity contribution in [3.8, 4) is 11.3 Å². The Morgan fingerprint density at radius 1 is 1.19 bits per heavy atom. The quantitative estimate of drug-likeness (QED) is 0.826. The Hall–Kier alpha value is -2.30. The predicted molar refractivity (Wildman–Crippen MR) is 55.9 cm³/mol. The number of aromatic nitrogens is 2. The molecule has 1 aromatic heterocycles. The van der Waals surface area contributed by atoms with E-state index in [4.69, 9.17) is 5.73 Å². The Morgan fingerprint density at radius 3 is 2.50 bits per heavy atom. The summed E-state index contributed by atoms with van der Waals surface area (Å²) in [6, 6.07) is 7.41. The standard InChI is InChI=1S/C11H8FN3O/c12-8-3-1-7(2-4-8)9-5-6-14-11(15-9)10(13)16/h1-6H,(H2,13,16). The summed E-state index contributed by atoms with van der Waals surface area (Å²) in [5.74, 6) is -1.07. The molecule has 1 heterocycles. The van der Waals surface area contributed by atoms with Crippen LogP contribution in [0, 0.1) is 5.82 Å². The van der Waals surface area contributed by atoms with Gasteiger partial charge in [0.05, 0.1) is 5.69 Å². The molecule has 0 fully saturated rings. The SMILES string of the molecule is NC(=O)c1nccc(-c2ccc(F)cc2)n1. The third-order valence-electron chi connectivity index (χ3n) is 2.02. The van der Waals surface area contributed by atoms with Gasteiger partial charge < -0.3 is 5.73 Å². The number of benzene rings is 1. The summed E-state index contributed by atoms with van der Waals surface area (Å²) < 4.78 is 12.7. The van der Waals surface area contributed by atoms with Gasteiger partial charge in [0.2, 0.25) is 5.82 Å². The molecule has 1 aromatic carbocycles. The van der Waals surface area contributed by atoms with Gasteiger partial charge >= 0.3 is 0 Å². The largest absolute Gasteiger partial charge is 0.363 e. The van der Waals surface area contributed by atoms with Crippen molar-refractivity contribution in [3.05, 3.63) is 48.2 Å². The van der Waals surface area contributed by atoms with Crippen LogP contribution in [0.3, 0.4) is 0 Å². The van der Waals surface area contributed by atoms with Gasteiger partial charge in [0.25, 0.3) is 5.91 Å². The summed E-state index contributed by atoms with van der Waals surface area (Å²) in [7, 11) is 0. The van der Waals surface area contributed by atoms with Gasteiger partial charge in [-0.15, -0.1) is 0 Å². The molecule has 16 heavy (non-hydrogen) atoms. The number of primary amides is 1. The molecule has 0 aliphatic rings. The molecule has 0 aliphatic heterocycles. The molecule has 0 radical (unpaired) electrons. The van der Waals surface area contributed by atoms with Crippen molar-refractivity contribution in [2.24, 2.45) is 5.73 Å². The first-order valence-electron chi connectivity index (χ1n) is 4.55. The Balaban J connectivity index is 2.44. The second-order valence-electron chi connectivity index (χ2n) is 3.14. The molecule has 2 aromatic rings. The van der Waals surface area contributed by atoms with E-state index < -0.39 is 5.91 Å². The zero-order chi connectivity index (χ0) is 11.5. The topological polar surface area (TPSA) is 68.9 Å². The molecule has 0 atom stereocenters. The highest BCUT2D eigenvalue weighted by Crippen LogP contribution is 2.16. The van der Waals surface area contributed by atoms with Gasteiger partial charge in [-0.3, -0.25) is 4.79 Å². The van der Waals surface area contributed by atoms with Crippen molar-refractivity contribution in [2.45, 2.75) is 0 Å². The minimum Gasteiger partial charge on any atom is -0.363 e. The fourth-order valence-electron chi connectivity index (χ4n) is 1.26. The monoisotopic (exact) mass is 217 g/mol. The molecule has 0 saturated carbocycles. The third kappa shape index (κ3) is 2.03. The summed E-state index contributed by atoms with van der Waals surface area (Å²) in [5, 5.41) is 0. The normalized spacial score (nSPS) is 10.1. The van der Waals surface area contributed by atoms with Gasteiger partial charge in [-0.05, 0) is 30.3 Å². The molecule has 2 rings (SSSR count). The second-order valence-corrected chi connectivity index (χ2v) is 3.14. The Bertz CT molecular complexity index is 525. The van der Waals surface area contributed by atoms with Crippen molar-refractivity contribution in [3.63, 3.8) is 0 Å². The van der Waals surface area contributed by atoms with Crippen LogP contribution >= 0.6 is 0 Å². The van der Waals surface area contributed by atoms with Crippen LogP contribution in [-0.2, 0) is 0 Å². The highest BCUT2D eigenvalue weighted by atomic mass is 19.1. The Morgan fingerprint density at radius 2 is 1.88 bits per heavy atom. The van der Waals surface area contributed by atoms with E-state index in [0.717, 1.165) is 0 Å². The summed E-state index contributed by atoms with van der Waals surface area (Å²) >= 11 is 0. The number of rotatable bonds is 2. The first-order valence-corrected chi connectivity index (χ1v) is 4.55. The third-order valence-corrected chi connectivity index (χ3v) is 2.02. The van der Waals surface area contributed by atoms with Crippen LogP contribution in [0.5, 0.6) is 0 Å². The van der Waals surface area contributed by atoms with Crippen LogP contribution < -0.4 is 5.73 Å². The Kier molecular flexibility index (Phi) is 2.59. The van der Waals surface area contributed by atoms with E-state index in [-0.39, 0.29) is 11.6 Å². The zero-order valence-corrected chi connectivity index (χ0v) is 8.22. The molecule has 5 heteroatoms. The van der Waals surface area contributed by atoms with E-state index in [1.807, 2.05) is 0 Å².